The minimum Gasteiger partial charge on any atom is -0.490 e. The number of hydrogen-bond donors (Lipinski definition) is 0. The van der Waals surface area contributed by atoms with Gasteiger partial charge < -0.3 is 13.9 Å². The molecule has 2 atom stereocenters. The van der Waals surface area contributed by atoms with Crippen LogP contribution >= 0.6 is 0 Å². The summed E-state index contributed by atoms with van der Waals surface area (Å²) in [5, 5.41) is 8.20. The van der Waals surface area contributed by atoms with Crippen LogP contribution in [0.15, 0.2) is 28.7 Å². The number of likely N-dealkylation sites (tertiary alicyclic amines) is 1. The van der Waals surface area contributed by atoms with Gasteiger partial charge in [-0.1, -0.05) is 12.1 Å². The van der Waals surface area contributed by atoms with Crippen molar-refractivity contribution in [2.75, 3.05) is 26.3 Å². The molecule has 2 heterocycles. The van der Waals surface area contributed by atoms with Gasteiger partial charge in [0.2, 0.25) is 11.8 Å². The highest BCUT2D eigenvalue weighted by Crippen LogP contribution is 2.32. The zero-order chi connectivity index (χ0) is 17.6. The number of rotatable bonds is 7. The van der Waals surface area contributed by atoms with Crippen molar-refractivity contribution >= 4 is 0 Å². The quantitative estimate of drug-likeness (QED) is 0.766. The molecule has 6 heteroatoms. The second kappa shape index (κ2) is 8.34. The molecule has 1 fully saturated rings. The predicted molar refractivity (Wildman–Crippen MR) is 95.2 cm³/mol. The molecule has 1 aromatic carbocycles. The Balaban J connectivity index is 1.56. The number of ether oxygens (including phenoxy) is 2. The van der Waals surface area contributed by atoms with E-state index >= 15 is 0 Å². The lowest BCUT2D eigenvalue weighted by Crippen LogP contribution is -2.44. The molecule has 0 amide bonds. The van der Waals surface area contributed by atoms with Gasteiger partial charge in [0.1, 0.15) is 6.61 Å². The van der Waals surface area contributed by atoms with Crippen molar-refractivity contribution in [1.82, 2.24) is 15.1 Å². The lowest BCUT2D eigenvalue weighted by atomic mass is 9.90. The van der Waals surface area contributed by atoms with Crippen LogP contribution in [0.3, 0.4) is 0 Å². The van der Waals surface area contributed by atoms with Crippen molar-refractivity contribution in [2.45, 2.75) is 45.6 Å². The fourth-order valence-corrected chi connectivity index (χ4v) is 3.44. The molecule has 0 radical (unpaired) electrons. The van der Waals surface area contributed by atoms with E-state index in [1.165, 1.54) is 0 Å². The smallest absolute Gasteiger partial charge is 0.221 e. The van der Waals surface area contributed by atoms with E-state index in [1.54, 1.807) is 0 Å². The topological polar surface area (TPSA) is 60.6 Å². The average molecular weight is 345 g/mol. The molecule has 25 heavy (non-hydrogen) atoms. The highest BCUT2D eigenvalue weighted by atomic mass is 16.5. The van der Waals surface area contributed by atoms with Gasteiger partial charge in [0.25, 0.3) is 0 Å². The Bertz CT molecular complexity index is 673. The Labute approximate surface area is 149 Å². The Hall–Kier alpha value is -2.08. The lowest BCUT2D eigenvalue weighted by Gasteiger charge is -2.37. The van der Waals surface area contributed by atoms with Crippen molar-refractivity contribution < 1.29 is 13.9 Å². The van der Waals surface area contributed by atoms with Crippen LogP contribution in [0.25, 0.3) is 0 Å². The third-order valence-corrected chi connectivity index (χ3v) is 4.76. The summed E-state index contributed by atoms with van der Waals surface area (Å²) in [5.41, 5.74) is 0. The molecule has 136 valence electrons. The van der Waals surface area contributed by atoms with Gasteiger partial charge in [-0.15, -0.1) is 10.2 Å². The second-order valence-electron chi connectivity index (χ2n) is 6.41. The molecule has 0 spiro atoms. The molecule has 0 N–H and O–H groups in total. The van der Waals surface area contributed by atoms with Crippen LogP contribution in [0.1, 0.15) is 44.4 Å². The predicted octanol–water partition coefficient (Wildman–Crippen LogP) is 3.42. The van der Waals surface area contributed by atoms with Crippen LogP contribution in [-0.4, -0.2) is 47.4 Å². The van der Waals surface area contributed by atoms with Crippen molar-refractivity contribution in [3.05, 3.63) is 36.0 Å². The number of aryl methyl sites for hydroxylation is 1. The summed E-state index contributed by atoms with van der Waals surface area (Å²) in [7, 11) is 0. The minimum atomic E-state index is 0.297. The van der Waals surface area contributed by atoms with Crippen LogP contribution in [0.2, 0.25) is 0 Å². The molecule has 1 aliphatic rings. The summed E-state index contributed by atoms with van der Waals surface area (Å²) >= 11 is 0. The first-order valence-corrected chi connectivity index (χ1v) is 9.07. The van der Waals surface area contributed by atoms with Gasteiger partial charge in [-0.05, 0) is 45.4 Å². The van der Waals surface area contributed by atoms with Crippen molar-refractivity contribution in [2.24, 2.45) is 0 Å². The van der Waals surface area contributed by atoms with Crippen LogP contribution < -0.4 is 9.47 Å². The van der Waals surface area contributed by atoms with Gasteiger partial charge in [-0.2, -0.15) is 0 Å². The molecule has 0 saturated carbocycles. The summed E-state index contributed by atoms with van der Waals surface area (Å²) in [6.45, 7) is 9.25. The molecule has 1 aliphatic heterocycles. The lowest BCUT2D eigenvalue weighted by molar-refractivity contribution is 0.105. The van der Waals surface area contributed by atoms with E-state index in [4.69, 9.17) is 13.9 Å². The molecule has 1 aromatic heterocycles. The Morgan fingerprint density at radius 3 is 2.64 bits per heavy atom. The van der Waals surface area contributed by atoms with E-state index in [-0.39, 0.29) is 0 Å². The molecule has 0 aliphatic carbocycles. The van der Waals surface area contributed by atoms with Crippen LogP contribution in [0, 0.1) is 6.92 Å². The Morgan fingerprint density at radius 2 is 1.96 bits per heavy atom. The van der Waals surface area contributed by atoms with Crippen LogP contribution in [-0.2, 0) is 0 Å². The Kier molecular flexibility index (Phi) is 5.91. The van der Waals surface area contributed by atoms with Gasteiger partial charge in [0.05, 0.1) is 12.5 Å². The average Bonchev–Trinajstić information content (AvgIpc) is 3.04. The molecular weight excluding hydrogens is 318 g/mol. The summed E-state index contributed by atoms with van der Waals surface area (Å²) in [6.07, 6.45) is 2.22. The normalized spacial score (nSPS) is 21.2. The third-order valence-electron chi connectivity index (χ3n) is 4.76. The molecule has 6 nitrogen and oxygen atoms in total. The SMILES string of the molecule is CCOc1ccccc1OCCN1CCC[C@H](c2nnc(C)o2)[C@@H]1C. The zero-order valence-electron chi connectivity index (χ0n) is 15.3. The molecule has 0 unspecified atom stereocenters. The molecule has 1 saturated heterocycles. The number of aromatic nitrogens is 2. The van der Waals surface area contributed by atoms with Gasteiger partial charge in [0, 0.05) is 19.5 Å². The molecular formula is C19H27N3O3. The summed E-state index contributed by atoms with van der Waals surface area (Å²) in [5.74, 6) is 3.30. The largest absolute Gasteiger partial charge is 0.490 e. The number of nitrogens with zero attached hydrogens (tertiary/aromatic N) is 3. The fourth-order valence-electron chi connectivity index (χ4n) is 3.44. The van der Waals surface area contributed by atoms with E-state index in [1.807, 2.05) is 38.1 Å². The first-order chi connectivity index (χ1) is 12.2. The van der Waals surface area contributed by atoms with E-state index in [9.17, 15) is 0 Å². The summed E-state index contributed by atoms with van der Waals surface area (Å²) < 4.78 is 17.2. The maximum atomic E-state index is 5.97. The van der Waals surface area contributed by atoms with E-state index in [0.29, 0.717) is 31.1 Å². The van der Waals surface area contributed by atoms with E-state index < -0.39 is 0 Å². The molecule has 2 aromatic rings. The van der Waals surface area contributed by atoms with Gasteiger partial charge in [0.15, 0.2) is 11.5 Å². The minimum absolute atomic E-state index is 0.297. The van der Waals surface area contributed by atoms with Gasteiger partial charge in [-0.25, -0.2) is 0 Å². The number of benzene rings is 1. The zero-order valence-corrected chi connectivity index (χ0v) is 15.3. The first-order valence-electron chi connectivity index (χ1n) is 9.07. The van der Waals surface area contributed by atoms with Crippen molar-refractivity contribution in [1.29, 1.82) is 0 Å². The number of para-hydroxylation sites is 2. The molecule has 0 bridgehead atoms. The fraction of sp³-hybridized carbons (Fsp3) is 0.579. The van der Waals surface area contributed by atoms with Crippen LogP contribution in [0.4, 0.5) is 0 Å². The molecule has 3 rings (SSSR count). The van der Waals surface area contributed by atoms with Gasteiger partial charge in [-0.3, -0.25) is 4.90 Å². The standard InChI is InChI=1S/C19H27N3O3/c1-4-23-17-9-5-6-10-18(17)24-13-12-22-11-7-8-16(14(22)2)19-21-20-15(3)25-19/h5-6,9-10,14,16H,4,7-8,11-13H2,1-3H3/t14-,16-/m0/s1. The van der Waals surface area contributed by atoms with Gasteiger partial charge >= 0.3 is 0 Å². The third kappa shape index (κ3) is 4.31. The first kappa shape index (κ1) is 17.7. The second-order valence-corrected chi connectivity index (χ2v) is 6.41. The number of piperidine rings is 1. The van der Waals surface area contributed by atoms with Crippen molar-refractivity contribution in [3.8, 4) is 11.5 Å². The maximum absolute atomic E-state index is 5.97. The highest BCUT2D eigenvalue weighted by Gasteiger charge is 2.32. The van der Waals surface area contributed by atoms with Crippen molar-refractivity contribution in [3.63, 3.8) is 0 Å². The van der Waals surface area contributed by atoms with E-state index in [0.717, 1.165) is 43.3 Å². The van der Waals surface area contributed by atoms with E-state index in [2.05, 4.69) is 22.0 Å². The highest BCUT2D eigenvalue weighted by molar-refractivity contribution is 5.39. The maximum Gasteiger partial charge on any atom is 0.221 e. The monoisotopic (exact) mass is 345 g/mol. The number of hydrogen-bond acceptors (Lipinski definition) is 6. The van der Waals surface area contributed by atoms with Crippen LogP contribution in [0.5, 0.6) is 11.5 Å². The Morgan fingerprint density at radius 1 is 1.20 bits per heavy atom. The summed E-state index contributed by atoms with van der Waals surface area (Å²) in [4.78, 5) is 2.44. The summed E-state index contributed by atoms with van der Waals surface area (Å²) in [6, 6.07) is 8.18.